The number of amides is 1. The van der Waals surface area contributed by atoms with Gasteiger partial charge in [0.2, 0.25) is 5.88 Å². The number of pyridine rings is 2. The Hall–Kier alpha value is -5.63. The number of fused-ring (bicyclic) bond motifs is 1. The third kappa shape index (κ3) is 4.99. The van der Waals surface area contributed by atoms with Gasteiger partial charge in [0.05, 0.1) is 0 Å². The molecule has 0 aliphatic carbocycles. The first-order valence-corrected chi connectivity index (χ1v) is 12.2. The molecule has 0 spiro atoms. The first-order valence-electron chi connectivity index (χ1n) is 12.2. The fourth-order valence-corrected chi connectivity index (χ4v) is 4.28. The number of rotatable bonds is 7. The lowest BCUT2D eigenvalue weighted by Gasteiger charge is -2.13. The molecule has 0 aliphatic rings. The summed E-state index contributed by atoms with van der Waals surface area (Å²) in [7, 11) is 0. The van der Waals surface area contributed by atoms with Crippen molar-refractivity contribution in [2.24, 2.45) is 5.73 Å². The SMILES string of the molecule is NC(=O)c1cc(-c2cccnc2Oc2ccc(Nc3nnc(-c4ccccc4)c4ccccc34)cc2)ccn1. The molecule has 3 aromatic heterocycles. The largest absolute Gasteiger partial charge is 0.438 e. The number of anilines is 2. The third-order valence-corrected chi connectivity index (χ3v) is 6.16. The monoisotopic (exact) mass is 510 g/mol. The van der Waals surface area contributed by atoms with Crippen molar-refractivity contribution >= 4 is 28.2 Å². The molecule has 8 heteroatoms. The van der Waals surface area contributed by atoms with Crippen LogP contribution in [0.2, 0.25) is 0 Å². The molecule has 0 fully saturated rings. The minimum Gasteiger partial charge on any atom is -0.438 e. The van der Waals surface area contributed by atoms with E-state index in [9.17, 15) is 4.79 Å². The van der Waals surface area contributed by atoms with Crippen molar-refractivity contribution in [3.8, 4) is 34.0 Å². The number of carbonyl (C=O) groups excluding carboxylic acids is 1. The Bertz CT molecular complexity index is 1790. The minimum absolute atomic E-state index is 0.171. The summed E-state index contributed by atoms with van der Waals surface area (Å²) in [6.07, 6.45) is 3.18. The molecule has 0 aliphatic heterocycles. The van der Waals surface area contributed by atoms with Crippen molar-refractivity contribution in [2.45, 2.75) is 0 Å². The highest BCUT2D eigenvalue weighted by Gasteiger charge is 2.13. The van der Waals surface area contributed by atoms with Gasteiger partial charge in [-0.1, -0.05) is 54.6 Å². The van der Waals surface area contributed by atoms with Gasteiger partial charge in [0, 0.05) is 40.0 Å². The van der Waals surface area contributed by atoms with Gasteiger partial charge >= 0.3 is 0 Å². The van der Waals surface area contributed by atoms with Crippen LogP contribution in [0.15, 0.2) is 116 Å². The maximum Gasteiger partial charge on any atom is 0.267 e. The standard InChI is InChI=1S/C31H22N6O2/c32-29(38)27-19-21(16-18-33-27)24-11-6-17-34-31(24)39-23-14-12-22(13-15-23)35-30-26-10-5-4-9-25(26)28(36-37-30)20-7-2-1-3-8-20/h1-19H,(H2,32,38)(H,35,37). The van der Waals surface area contributed by atoms with Crippen LogP contribution in [-0.4, -0.2) is 26.1 Å². The van der Waals surface area contributed by atoms with E-state index >= 15 is 0 Å². The minimum atomic E-state index is -0.599. The van der Waals surface area contributed by atoms with Crippen LogP contribution in [0.25, 0.3) is 33.2 Å². The molecular formula is C31H22N6O2. The lowest BCUT2D eigenvalue weighted by Crippen LogP contribution is -2.12. The van der Waals surface area contributed by atoms with E-state index in [1.165, 1.54) is 6.20 Å². The number of hydrogen-bond donors (Lipinski definition) is 2. The molecule has 0 radical (unpaired) electrons. The Morgan fingerprint density at radius 3 is 2.28 bits per heavy atom. The van der Waals surface area contributed by atoms with Gasteiger partial charge in [-0.3, -0.25) is 9.78 Å². The first kappa shape index (κ1) is 23.7. The lowest BCUT2D eigenvalue weighted by molar-refractivity contribution is 0.0995. The van der Waals surface area contributed by atoms with Gasteiger partial charge in [-0.05, 0) is 54.1 Å². The predicted molar refractivity (Wildman–Crippen MR) is 151 cm³/mol. The quantitative estimate of drug-likeness (QED) is 0.256. The molecule has 0 atom stereocenters. The molecule has 0 saturated carbocycles. The molecule has 0 unspecified atom stereocenters. The molecular weight excluding hydrogens is 488 g/mol. The van der Waals surface area contributed by atoms with Crippen LogP contribution in [0.5, 0.6) is 11.6 Å². The highest BCUT2D eigenvalue weighted by molar-refractivity contribution is 6.00. The molecule has 39 heavy (non-hydrogen) atoms. The molecule has 6 rings (SSSR count). The molecule has 3 N–H and O–H groups in total. The third-order valence-electron chi connectivity index (χ3n) is 6.16. The highest BCUT2D eigenvalue weighted by Crippen LogP contribution is 2.33. The Morgan fingerprint density at radius 1 is 0.718 bits per heavy atom. The highest BCUT2D eigenvalue weighted by atomic mass is 16.5. The predicted octanol–water partition coefficient (Wildman–Crippen LogP) is 6.39. The normalized spacial score (nSPS) is 10.8. The van der Waals surface area contributed by atoms with Crippen LogP contribution in [0.4, 0.5) is 11.5 Å². The summed E-state index contributed by atoms with van der Waals surface area (Å²) in [6.45, 7) is 0. The van der Waals surface area contributed by atoms with E-state index in [2.05, 4.69) is 25.5 Å². The number of nitrogens with zero attached hydrogens (tertiary/aromatic N) is 4. The van der Waals surface area contributed by atoms with E-state index in [4.69, 9.17) is 10.5 Å². The van der Waals surface area contributed by atoms with Crippen LogP contribution in [0, 0.1) is 0 Å². The van der Waals surface area contributed by atoms with Crippen LogP contribution >= 0.6 is 0 Å². The van der Waals surface area contributed by atoms with E-state index in [1.54, 1.807) is 24.4 Å². The lowest BCUT2D eigenvalue weighted by atomic mass is 10.0. The summed E-state index contributed by atoms with van der Waals surface area (Å²) in [6, 6.07) is 32.6. The number of primary amides is 1. The van der Waals surface area contributed by atoms with Gasteiger partial charge in [-0.15, -0.1) is 10.2 Å². The van der Waals surface area contributed by atoms with Crippen molar-refractivity contribution in [3.63, 3.8) is 0 Å². The summed E-state index contributed by atoms with van der Waals surface area (Å²) < 4.78 is 6.10. The summed E-state index contributed by atoms with van der Waals surface area (Å²) in [4.78, 5) is 20.0. The smallest absolute Gasteiger partial charge is 0.267 e. The number of carbonyl (C=O) groups is 1. The molecule has 0 bridgehead atoms. The Labute approximate surface area is 224 Å². The zero-order chi connectivity index (χ0) is 26.6. The van der Waals surface area contributed by atoms with Gasteiger partial charge in [-0.2, -0.15) is 0 Å². The van der Waals surface area contributed by atoms with E-state index in [-0.39, 0.29) is 5.69 Å². The van der Waals surface area contributed by atoms with E-state index in [1.807, 2.05) is 84.9 Å². The van der Waals surface area contributed by atoms with Gasteiger partial charge in [0.15, 0.2) is 5.82 Å². The van der Waals surface area contributed by atoms with Crippen LogP contribution in [0.1, 0.15) is 10.5 Å². The fourth-order valence-electron chi connectivity index (χ4n) is 4.28. The zero-order valence-corrected chi connectivity index (χ0v) is 20.7. The number of aromatic nitrogens is 4. The topological polar surface area (TPSA) is 116 Å². The van der Waals surface area contributed by atoms with E-state index in [0.717, 1.165) is 33.3 Å². The van der Waals surface area contributed by atoms with Crippen molar-refractivity contribution in [1.29, 1.82) is 0 Å². The van der Waals surface area contributed by atoms with Crippen molar-refractivity contribution in [1.82, 2.24) is 20.2 Å². The number of benzene rings is 3. The van der Waals surface area contributed by atoms with Crippen molar-refractivity contribution < 1.29 is 9.53 Å². The summed E-state index contributed by atoms with van der Waals surface area (Å²) >= 11 is 0. The fraction of sp³-hybridized carbons (Fsp3) is 0. The molecule has 3 heterocycles. The summed E-state index contributed by atoms with van der Waals surface area (Å²) in [5.74, 6) is 1.06. The number of hydrogen-bond acceptors (Lipinski definition) is 7. The number of nitrogens with two attached hydrogens (primary N) is 1. The Morgan fingerprint density at radius 2 is 1.49 bits per heavy atom. The van der Waals surface area contributed by atoms with Crippen LogP contribution in [0.3, 0.4) is 0 Å². The number of nitrogens with one attached hydrogen (secondary N) is 1. The second-order valence-electron chi connectivity index (χ2n) is 8.71. The molecule has 3 aromatic carbocycles. The van der Waals surface area contributed by atoms with Gasteiger partial charge < -0.3 is 15.8 Å². The summed E-state index contributed by atoms with van der Waals surface area (Å²) in [5, 5.41) is 14.4. The zero-order valence-electron chi connectivity index (χ0n) is 20.7. The number of ether oxygens (including phenoxy) is 1. The molecule has 8 nitrogen and oxygen atoms in total. The first-order chi connectivity index (χ1) is 19.2. The average molecular weight is 511 g/mol. The Balaban J connectivity index is 1.25. The molecule has 188 valence electrons. The Kier molecular flexibility index (Phi) is 6.33. The van der Waals surface area contributed by atoms with Gasteiger partial charge in [0.25, 0.3) is 5.91 Å². The maximum absolute atomic E-state index is 11.6. The maximum atomic E-state index is 11.6. The second kappa shape index (κ2) is 10.4. The van der Waals surface area contributed by atoms with Crippen molar-refractivity contribution in [3.05, 3.63) is 121 Å². The van der Waals surface area contributed by atoms with Gasteiger partial charge in [0.1, 0.15) is 17.1 Å². The molecule has 6 aromatic rings. The van der Waals surface area contributed by atoms with E-state index < -0.39 is 5.91 Å². The van der Waals surface area contributed by atoms with Crippen molar-refractivity contribution in [2.75, 3.05) is 5.32 Å². The van der Waals surface area contributed by atoms with Crippen LogP contribution in [-0.2, 0) is 0 Å². The van der Waals surface area contributed by atoms with E-state index in [0.29, 0.717) is 23.0 Å². The molecule has 1 amide bonds. The van der Waals surface area contributed by atoms with Crippen LogP contribution < -0.4 is 15.8 Å². The second-order valence-corrected chi connectivity index (χ2v) is 8.71. The van der Waals surface area contributed by atoms with Gasteiger partial charge in [-0.25, -0.2) is 4.98 Å². The summed E-state index contributed by atoms with van der Waals surface area (Å²) in [5.41, 5.74) is 9.69. The average Bonchev–Trinajstić information content (AvgIpc) is 2.99. The molecule has 0 saturated heterocycles.